The van der Waals surface area contributed by atoms with Crippen LogP contribution in [0, 0.1) is 0 Å². The molecular weight excluding hydrogens is 188 g/mol. The molecule has 0 amide bonds. The zero-order chi connectivity index (χ0) is 10.5. The first kappa shape index (κ1) is 10.4. The summed E-state index contributed by atoms with van der Waals surface area (Å²) < 4.78 is 5.46. The van der Waals surface area contributed by atoms with Gasteiger partial charge in [0.15, 0.2) is 5.78 Å². The van der Waals surface area contributed by atoms with E-state index in [0.29, 0.717) is 12.5 Å². The molecule has 0 aromatic heterocycles. The van der Waals surface area contributed by atoms with Crippen LogP contribution in [0.2, 0.25) is 0 Å². The van der Waals surface area contributed by atoms with E-state index in [9.17, 15) is 4.79 Å². The summed E-state index contributed by atoms with van der Waals surface area (Å²) in [4.78, 5) is 11.5. The molecule has 0 spiro atoms. The van der Waals surface area contributed by atoms with Crippen LogP contribution in [-0.2, 0) is 16.0 Å². The van der Waals surface area contributed by atoms with E-state index in [1.54, 1.807) is 0 Å². The quantitative estimate of drug-likeness (QED) is 0.736. The molecule has 2 nitrogen and oxygen atoms in total. The van der Waals surface area contributed by atoms with Crippen LogP contribution in [0.4, 0.5) is 0 Å². The predicted octanol–water partition coefficient (Wildman–Crippen LogP) is 2.37. The summed E-state index contributed by atoms with van der Waals surface area (Å²) in [5, 5.41) is 0. The Kier molecular flexibility index (Phi) is 3.51. The second-order valence-electron chi connectivity index (χ2n) is 4.06. The maximum atomic E-state index is 11.5. The van der Waals surface area contributed by atoms with Gasteiger partial charge < -0.3 is 4.74 Å². The van der Waals surface area contributed by atoms with Crippen LogP contribution in [0.15, 0.2) is 30.3 Å². The number of ether oxygens (including phenoxy) is 1. The van der Waals surface area contributed by atoms with Gasteiger partial charge in [-0.3, -0.25) is 4.79 Å². The number of Topliss-reactive ketones (excluding diaryl/α,β-unsaturated/α-hetero) is 1. The number of ketones is 1. The number of rotatable bonds is 5. The van der Waals surface area contributed by atoms with Crippen molar-refractivity contribution >= 4 is 5.78 Å². The zero-order valence-corrected chi connectivity index (χ0v) is 8.82. The van der Waals surface area contributed by atoms with Crippen molar-refractivity contribution in [2.24, 2.45) is 0 Å². The number of benzene rings is 1. The third kappa shape index (κ3) is 3.17. The maximum Gasteiger partial charge on any atom is 0.162 e. The number of hydrogen-bond acceptors (Lipinski definition) is 2. The maximum absolute atomic E-state index is 11.5. The van der Waals surface area contributed by atoms with Crippen LogP contribution in [0.1, 0.15) is 24.8 Å². The van der Waals surface area contributed by atoms with Gasteiger partial charge in [0, 0.05) is 6.42 Å². The molecule has 0 N–H and O–H groups in total. The van der Waals surface area contributed by atoms with Crippen molar-refractivity contribution in [2.45, 2.75) is 31.8 Å². The molecule has 0 unspecified atom stereocenters. The van der Waals surface area contributed by atoms with Crippen LogP contribution in [-0.4, -0.2) is 18.5 Å². The highest BCUT2D eigenvalue weighted by molar-refractivity contribution is 5.82. The van der Waals surface area contributed by atoms with Crippen molar-refractivity contribution in [2.75, 3.05) is 6.61 Å². The minimum Gasteiger partial charge on any atom is -0.370 e. The lowest BCUT2D eigenvalue weighted by atomic mass is 9.96. The molecule has 1 aliphatic carbocycles. The SMILES string of the molecule is O=C(COC1CCC1)Cc1ccccc1. The van der Waals surface area contributed by atoms with Crippen LogP contribution >= 0.6 is 0 Å². The van der Waals surface area contributed by atoms with Gasteiger partial charge >= 0.3 is 0 Å². The molecule has 0 atom stereocenters. The Morgan fingerprint density at radius 1 is 1.27 bits per heavy atom. The van der Waals surface area contributed by atoms with E-state index >= 15 is 0 Å². The lowest BCUT2D eigenvalue weighted by Gasteiger charge is -2.25. The Balaban J connectivity index is 1.72. The minimum atomic E-state index is 0.174. The van der Waals surface area contributed by atoms with Gasteiger partial charge in [0.1, 0.15) is 6.61 Å². The molecule has 0 aliphatic heterocycles. The molecule has 0 radical (unpaired) electrons. The van der Waals surface area contributed by atoms with E-state index in [1.165, 1.54) is 6.42 Å². The fourth-order valence-corrected chi connectivity index (χ4v) is 1.62. The van der Waals surface area contributed by atoms with Crippen LogP contribution in [0.3, 0.4) is 0 Å². The molecule has 2 heteroatoms. The Hall–Kier alpha value is -1.15. The lowest BCUT2D eigenvalue weighted by Crippen LogP contribution is -2.25. The first-order valence-corrected chi connectivity index (χ1v) is 5.52. The molecule has 1 aromatic carbocycles. The van der Waals surface area contributed by atoms with Gasteiger partial charge in [0.25, 0.3) is 0 Å². The minimum absolute atomic E-state index is 0.174. The van der Waals surface area contributed by atoms with E-state index in [1.807, 2.05) is 30.3 Å². The normalized spacial score (nSPS) is 16.0. The van der Waals surface area contributed by atoms with E-state index < -0.39 is 0 Å². The molecule has 2 rings (SSSR count). The van der Waals surface area contributed by atoms with Gasteiger partial charge in [0.2, 0.25) is 0 Å². The van der Waals surface area contributed by atoms with Crippen molar-refractivity contribution in [3.05, 3.63) is 35.9 Å². The van der Waals surface area contributed by atoms with E-state index in [4.69, 9.17) is 4.74 Å². The molecule has 1 fully saturated rings. The Labute approximate surface area is 90.3 Å². The third-order valence-corrected chi connectivity index (χ3v) is 2.78. The van der Waals surface area contributed by atoms with Gasteiger partial charge in [0.05, 0.1) is 6.10 Å². The van der Waals surface area contributed by atoms with Crippen molar-refractivity contribution in [3.8, 4) is 0 Å². The fourth-order valence-electron chi connectivity index (χ4n) is 1.62. The molecule has 1 saturated carbocycles. The standard InChI is InChI=1S/C13H16O2/c14-12(10-15-13-7-4-8-13)9-11-5-2-1-3-6-11/h1-3,5-6,13H,4,7-10H2. The Morgan fingerprint density at radius 2 is 2.00 bits per heavy atom. The molecular formula is C13H16O2. The largest absolute Gasteiger partial charge is 0.370 e. The summed E-state index contributed by atoms with van der Waals surface area (Å²) in [6.45, 7) is 0.277. The molecule has 80 valence electrons. The molecule has 1 aromatic rings. The fraction of sp³-hybridized carbons (Fsp3) is 0.462. The van der Waals surface area contributed by atoms with E-state index in [0.717, 1.165) is 18.4 Å². The van der Waals surface area contributed by atoms with Crippen molar-refractivity contribution in [3.63, 3.8) is 0 Å². The first-order valence-electron chi connectivity index (χ1n) is 5.52. The molecule has 0 bridgehead atoms. The topological polar surface area (TPSA) is 26.3 Å². The summed E-state index contributed by atoms with van der Waals surface area (Å²) in [5.41, 5.74) is 1.07. The van der Waals surface area contributed by atoms with Crippen molar-refractivity contribution in [1.82, 2.24) is 0 Å². The van der Waals surface area contributed by atoms with Crippen LogP contribution in [0.5, 0.6) is 0 Å². The summed E-state index contributed by atoms with van der Waals surface area (Å²) in [7, 11) is 0. The summed E-state index contributed by atoms with van der Waals surface area (Å²) in [6, 6.07) is 9.81. The second kappa shape index (κ2) is 5.08. The summed E-state index contributed by atoms with van der Waals surface area (Å²) in [6.07, 6.45) is 4.34. The molecule has 15 heavy (non-hydrogen) atoms. The number of hydrogen-bond donors (Lipinski definition) is 0. The number of carbonyl (C=O) groups is 1. The predicted molar refractivity (Wildman–Crippen MR) is 58.7 cm³/mol. The van der Waals surface area contributed by atoms with Gasteiger partial charge in [-0.05, 0) is 24.8 Å². The van der Waals surface area contributed by atoms with Crippen LogP contribution < -0.4 is 0 Å². The van der Waals surface area contributed by atoms with Gasteiger partial charge in [-0.25, -0.2) is 0 Å². The van der Waals surface area contributed by atoms with Gasteiger partial charge in [-0.15, -0.1) is 0 Å². The Morgan fingerprint density at radius 3 is 2.60 bits per heavy atom. The lowest BCUT2D eigenvalue weighted by molar-refractivity contribution is -0.126. The zero-order valence-electron chi connectivity index (χ0n) is 8.82. The molecule has 0 saturated heterocycles. The average molecular weight is 204 g/mol. The van der Waals surface area contributed by atoms with Crippen LogP contribution in [0.25, 0.3) is 0 Å². The van der Waals surface area contributed by atoms with E-state index in [2.05, 4.69) is 0 Å². The number of carbonyl (C=O) groups excluding carboxylic acids is 1. The highest BCUT2D eigenvalue weighted by Crippen LogP contribution is 2.21. The second-order valence-corrected chi connectivity index (χ2v) is 4.06. The highest BCUT2D eigenvalue weighted by atomic mass is 16.5. The Bertz CT molecular complexity index is 315. The molecule has 1 aliphatic rings. The first-order chi connectivity index (χ1) is 7.34. The monoisotopic (exact) mass is 204 g/mol. The summed E-state index contributed by atoms with van der Waals surface area (Å²) >= 11 is 0. The summed E-state index contributed by atoms with van der Waals surface area (Å²) in [5.74, 6) is 0.174. The van der Waals surface area contributed by atoms with Crippen molar-refractivity contribution in [1.29, 1.82) is 0 Å². The van der Waals surface area contributed by atoms with E-state index in [-0.39, 0.29) is 12.4 Å². The molecule has 0 heterocycles. The smallest absolute Gasteiger partial charge is 0.162 e. The van der Waals surface area contributed by atoms with Gasteiger partial charge in [-0.2, -0.15) is 0 Å². The highest BCUT2D eigenvalue weighted by Gasteiger charge is 2.18. The third-order valence-electron chi connectivity index (χ3n) is 2.78. The van der Waals surface area contributed by atoms with Crippen molar-refractivity contribution < 1.29 is 9.53 Å². The van der Waals surface area contributed by atoms with Gasteiger partial charge in [-0.1, -0.05) is 30.3 Å². The average Bonchev–Trinajstić information content (AvgIpc) is 2.17.